The summed E-state index contributed by atoms with van der Waals surface area (Å²) in [5.41, 5.74) is 0. The molecule has 2 aliphatic heterocycles. The van der Waals surface area contributed by atoms with E-state index in [1.165, 1.54) is 10.4 Å². The molecule has 0 radical (unpaired) electrons. The molecule has 0 saturated carbocycles. The van der Waals surface area contributed by atoms with Gasteiger partial charge in [-0.1, -0.05) is 6.42 Å². The lowest BCUT2D eigenvalue weighted by Crippen LogP contribution is -2.45. The van der Waals surface area contributed by atoms with Crippen LogP contribution in [0.4, 0.5) is 0 Å². The Kier molecular flexibility index (Phi) is 5.10. The SMILES string of the molecule is O=C=NC1CCCCCN1S(=O)(=O)C1CCOCC1. The monoisotopic (exact) mass is 288 g/mol. The molecule has 0 aromatic heterocycles. The van der Waals surface area contributed by atoms with Crippen molar-refractivity contribution < 1.29 is 17.9 Å². The third kappa shape index (κ3) is 3.42. The molecule has 1 atom stereocenters. The normalized spacial score (nSPS) is 27.5. The second-order valence-electron chi connectivity index (χ2n) is 5.02. The Morgan fingerprint density at radius 2 is 1.84 bits per heavy atom. The van der Waals surface area contributed by atoms with Gasteiger partial charge in [-0.05, 0) is 32.1 Å². The second-order valence-corrected chi connectivity index (χ2v) is 7.18. The number of rotatable bonds is 3. The molecule has 2 rings (SSSR count). The molecule has 108 valence electrons. The van der Waals surface area contributed by atoms with Crippen LogP contribution in [-0.2, 0) is 19.6 Å². The fourth-order valence-electron chi connectivity index (χ4n) is 2.72. The molecule has 2 heterocycles. The van der Waals surface area contributed by atoms with Gasteiger partial charge in [0.25, 0.3) is 0 Å². The summed E-state index contributed by atoms with van der Waals surface area (Å²) in [6, 6.07) is 0. The number of carbonyl (C=O) groups excluding carboxylic acids is 1. The van der Waals surface area contributed by atoms with E-state index in [4.69, 9.17) is 4.74 Å². The largest absolute Gasteiger partial charge is 0.381 e. The molecule has 0 N–H and O–H groups in total. The Morgan fingerprint density at radius 1 is 1.11 bits per heavy atom. The van der Waals surface area contributed by atoms with Gasteiger partial charge < -0.3 is 4.74 Å². The van der Waals surface area contributed by atoms with Gasteiger partial charge in [-0.3, -0.25) is 0 Å². The van der Waals surface area contributed by atoms with Crippen LogP contribution in [0.25, 0.3) is 0 Å². The zero-order valence-corrected chi connectivity index (χ0v) is 11.8. The molecule has 2 aliphatic rings. The van der Waals surface area contributed by atoms with Gasteiger partial charge >= 0.3 is 0 Å². The molecule has 0 aromatic rings. The van der Waals surface area contributed by atoms with Crippen molar-refractivity contribution in [2.24, 2.45) is 4.99 Å². The van der Waals surface area contributed by atoms with Gasteiger partial charge in [0.1, 0.15) is 6.17 Å². The van der Waals surface area contributed by atoms with Crippen molar-refractivity contribution in [1.82, 2.24) is 4.31 Å². The van der Waals surface area contributed by atoms with Crippen LogP contribution in [0, 0.1) is 0 Å². The summed E-state index contributed by atoms with van der Waals surface area (Å²) in [5, 5.41) is -0.399. The van der Waals surface area contributed by atoms with E-state index in [2.05, 4.69) is 4.99 Å². The highest BCUT2D eigenvalue weighted by Crippen LogP contribution is 2.26. The summed E-state index contributed by atoms with van der Waals surface area (Å²) < 4.78 is 31.9. The van der Waals surface area contributed by atoms with Gasteiger partial charge in [0.15, 0.2) is 0 Å². The van der Waals surface area contributed by atoms with E-state index in [1.807, 2.05) is 0 Å². The van der Waals surface area contributed by atoms with Crippen LogP contribution in [0.2, 0.25) is 0 Å². The summed E-state index contributed by atoms with van der Waals surface area (Å²) >= 11 is 0. The first-order valence-electron chi connectivity index (χ1n) is 6.81. The van der Waals surface area contributed by atoms with Crippen LogP contribution in [-0.4, -0.2) is 50.0 Å². The van der Waals surface area contributed by atoms with Gasteiger partial charge in [-0.25, -0.2) is 13.2 Å². The van der Waals surface area contributed by atoms with Crippen LogP contribution < -0.4 is 0 Å². The molecule has 0 aliphatic carbocycles. The molecule has 0 bridgehead atoms. The van der Waals surface area contributed by atoms with Crippen LogP contribution in [0.5, 0.6) is 0 Å². The fourth-order valence-corrected chi connectivity index (χ4v) is 4.76. The number of isocyanates is 1. The average Bonchev–Trinajstić information content (AvgIpc) is 2.66. The summed E-state index contributed by atoms with van der Waals surface area (Å²) in [6.45, 7) is 1.42. The van der Waals surface area contributed by atoms with Crippen LogP contribution in [0.1, 0.15) is 38.5 Å². The molecule has 0 spiro atoms. The van der Waals surface area contributed by atoms with Crippen LogP contribution >= 0.6 is 0 Å². The maximum Gasteiger partial charge on any atom is 0.236 e. The molecule has 19 heavy (non-hydrogen) atoms. The first-order valence-corrected chi connectivity index (χ1v) is 8.32. The van der Waals surface area contributed by atoms with Gasteiger partial charge in [0.05, 0.1) is 5.25 Å². The van der Waals surface area contributed by atoms with Crippen molar-refractivity contribution in [1.29, 1.82) is 0 Å². The molecule has 2 fully saturated rings. The van der Waals surface area contributed by atoms with Gasteiger partial charge in [-0.15, -0.1) is 0 Å². The van der Waals surface area contributed by atoms with E-state index in [0.29, 0.717) is 39.0 Å². The highest BCUT2D eigenvalue weighted by Gasteiger charge is 2.37. The predicted molar refractivity (Wildman–Crippen MR) is 69.8 cm³/mol. The Morgan fingerprint density at radius 3 is 2.53 bits per heavy atom. The van der Waals surface area contributed by atoms with Crippen molar-refractivity contribution in [3.05, 3.63) is 0 Å². The van der Waals surface area contributed by atoms with E-state index in [-0.39, 0.29) is 0 Å². The highest BCUT2D eigenvalue weighted by molar-refractivity contribution is 7.89. The van der Waals surface area contributed by atoms with Crippen molar-refractivity contribution in [3.8, 4) is 0 Å². The number of nitrogens with zero attached hydrogens (tertiary/aromatic N) is 2. The quantitative estimate of drug-likeness (QED) is 0.574. The third-order valence-electron chi connectivity index (χ3n) is 3.79. The molecule has 7 heteroatoms. The van der Waals surface area contributed by atoms with Crippen molar-refractivity contribution in [2.45, 2.75) is 49.9 Å². The maximum atomic E-state index is 12.7. The predicted octanol–water partition coefficient (Wildman–Crippen LogP) is 1.03. The first kappa shape index (κ1) is 14.7. The summed E-state index contributed by atoms with van der Waals surface area (Å²) in [6.07, 6.45) is 5.31. The van der Waals surface area contributed by atoms with E-state index in [1.54, 1.807) is 0 Å². The standard InChI is InChI=1S/C12H20N2O4S/c15-10-13-12-4-2-1-3-7-14(12)19(16,17)11-5-8-18-9-6-11/h11-12H,1-9H2. The average molecular weight is 288 g/mol. The Balaban J connectivity index is 2.21. The Bertz CT molecular complexity index is 439. The highest BCUT2D eigenvalue weighted by atomic mass is 32.2. The minimum Gasteiger partial charge on any atom is -0.381 e. The number of ether oxygens (including phenoxy) is 1. The molecule has 0 amide bonds. The molecule has 0 aromatic carbocycles. The minimum absolute atomic E-state index is 0.399. The van der Waals surface area contributed by atoms with Crippen LogP contribution in [0.3, 0.4) is 0 Å². The maximum absolute atomic E-state index is 12.7. The summed E-state index contributed by atoms with van der Waals surface area (Å²) in [7, 11) is -3.40. The lowest BCUT2D eigenvalue weighted by atomic mass is 10.2. The Hall–Kier alpha value is -0.750. The lowest BCUT2D eigenvalue weighted by Gasteiger charge is -2.31. The van der Waals surface area contributed by atoms with Gasteiger partial charge in [0, 0.05) is 19.8 Å². The summed E-state index contributed by atoms with van der Waals surface area (Å²) in [4.78, 5) is 14.2. The van der Waals surface area contributed by atoms with E-state index in [9.17, 15) is 13.2 Å². The van der Waals surface area contributed by atoms with Crippen molar-refractivity contribution in [3.63, 3.8) is 0 Å². The van der Waals surface area contributed by atoms with Gasteiger partial charge in [0.2, 0.25) is 16.1 Å². The number of aliphatic imine (C=N–C) groups is 1. The fraction of sp³-hybridized carbons (Fsp3) is 0.917. The van der Waals surface area contributed by atoms with E-state index in [0.717, 1.165) is 19.3 Å². The molecular weight excluding hydrogens is 268 g/mol. The van der Waals surface area contributed by atoms with Gasteiger partial charge in [-0.2, -0.15) is 9.30 Å². The molecule has 1 unspecified atom stereocenters. The zero-order chi connectivity index (χ0) is 13.7. The minimum atomic E-state index is -3.40. The summed E-state index contributed by atoms with van der Waals surface area (Å²) in [5.74, 6) is 0. The lowest BCUT2D eigenvalue weighted by molar-refractivity contribution is 0.0968. The number of hydrogen-bond acceptors (Lipinski definition) is 5. The molecule has 2 saturated heterocycles. The Labute approximate surface area is 113 Å². The zero-order valence-electron chi connectivity index (χ0n) is 11.0. The van der Waals surface area contributed by atoms with Crippen LogP contribution in [0.15, 0.2) is 4.99 Å². The first-order chi connectivity index (χ1) is 9.16. The van der Waals surface area contributed by atoms with E-state index < -0.39 is 21.4 Å². The molecule has 6 nitrogen and oxygen atoms in total. The second kappa shape index (κ2) is 6.61. The van der Waals surface area contributed by atoms with E-state index >= 15 is 0 Å². The van der Waals surface area contributed by atoms with Crippen molar-refractivity contribution >= 4 is 16.1 Å². The molecular formula is C12H20N2O4S. The topological polar surface area (TPSA) is 76.0 Å². The third-order valence-corrected chi connectivity index (χ3v) is 6.18. The number of hydrogen-bond donors (Lipinski definition) is 0. The smallest absolute Gasteiger partial charge is 0.236 e. The van der Waals surface area contributed by atoms with Crippen molar-refractivity contribution in [2.75, 3.05) is 19.8 Å². The number of sulfonamides is 1.